The standard InChI is InChI=1S/C9H12FNO3S/c1-14-4-5-15(12,13)7-2-3-9(11)8(10)6-7/h2-3,6H,4-5,11H2,1H3. The van der Waals surface area contributed by atoms with E-state index >= 15 is 0 Å². The first-order valence-corrected chi connectivity index (χ1v) is 5.89. The maximum absolute atomic E-state index is 13.0. The molecule has 0 saturated heterocycles. The van der Waals surface area contributed by atoms with Gasteiger partial charge < -0.3 is 10.5 Å². The van der Waals surface area contributed by atoms with Crippen molar-refractivity contribution >= 4 is 15.5 Å². The Bertz CT molecular complexity index is 445. The molecule has 1 aromatic rings. The third-order valence-electron chi connectivity index (χ3n) is 1.89. The number of nitrogens with two attached hydrogens (primary N) is 1. The van der Waals surface area contributed by atoms with Crippen molar-refractivity contribution in [1.29, 1.82) is 0 Å². The van der Waals surface area contributed by atoms with Crippen molar-refractivity contribution in [3.05, 3.63) is 24.0 Å². The van der Waals surface area contributed by atoms with Crippen molar-refractivity contribution in [2.45, 2.75) is 4.90 Å². The van der Waals surface area contributed by atoms with Gasteiger partial charge in [0.25, 0.3) is 0 Å². The van der Waals surface area contributed by atoms with Gasteiger partial charge in [-0.25, -0.2) is 12.8 Å². The lowest BCUT2D eigenvalue weighted by molar-refractivity contribution is 0.217. The minimum Gasteiger partial charge on any atom is -0.396 e. The van der Waals surface area contributed by atoms with Crippen LogP contribution in [0.5, 0.6) is 0 Å². The number of hydrogen-bond acceptors (Lipinski definition) is 4. The zero-order chi connectivity index (χ0) is 11.5. The molecule has 6 heteroatoms. The fourth-order valence-corrected chi connectivity index (χ4v) is 2.19. The molecule has 0 radical (unpaired) electrons. The molecule has 0 bridgehead atoms. The normalized spacial score (nSPS) is 11.6. The van der Waals surface area contributed by atoms with Gasteiger partial charge in [-0.05, 0) is 18.2 Å². The highest BCUT2D eigenvalue weighted by molar-refractivity contribution is 7.91. The fourth-order valence-electron chi connectivity index (χ4n) is 1.01. The quantitative estimate of drug-likeness (QED) is 0.782. The summed E-state index contributed by atoms with van der Waals surface area (Å²) in [7, 11) is -2.08. The van der Waals surface area contributed by atoms with Crippen molar-refractivity contribution in [3.8, 4) is 0 Å². The lowest BCUT2D eigenvalue weighted by atomic mass is 10.3. The van der Waals surface area contributed by atoms with Crippen LogP contribution in [0.25, 0.3) is 0 Å². The molecule has 0 atom stereocenters. The van der Waals surface area contributed by atoms with Gasteiger partial charge in [-0.3, -0.25) is 0 Å². The van der Waals surface area contributed by atoms with E-state index < -0.39 is 15.7 Å². The Morgan fingerprint density at radius 2 is 2.13 bits per heavy atom. The van der Waals surface area contributed by atoms with Crippen molar-refractivity contribution in [2.75, 3.05) is 25.2 Å². The summed E-state index contributed by atoms with van der Waals surface area (Å²) in [5, 5.41) is 0. The van der Waals surface area contributed by atoms with Gasteiger partial charge in [-0.15, -0.1) is 0 Å². The van der Waals surface area contributed by atoms with Crippen molar-refractivity contribution < 1.29 is 17.5 Å². The van der Waals surface area contributed by atoms with Crippen LogP contribution >= 0.6 is 0 Å². The van der Waals surface area contributed by atoms with Crippen LogP contribution in [0, 0.1) is 5.82 Å². The number of nitrogen functional groups attached to an aromatic ring is 1. The minimum atomic E-state index is -3.48. The molecule has 1 aromatic carbocycles. The Hall–Kier alpha value is -1.14. The molecule has 0 saturated carbocycles. The molecule has 0 heterocycles. The average Bonchev–Trinajstić information content (AvgIpc) is 2.19. The molecular formula is C9H12FNO3S. The van der Waals surface area contributed by atoms with Crippen molar-refractivity contribution in [3.63, 3.8) is 0 Å². The Labute approximate surface area is 87.8 Å². The van der Waals surface area contributed by atoms with E-state index in [1.165, 1.54) is 19.2 Å². The molecule has 2 N–H and O–H groups in total. The Kier molecular flexibility index (Phi) is 3.65. The maximum atomic E-state index is 13.0. The smallest absolute Gasteiger partial charge is 0.180 e. The Morgan fingerprint density at radius 1 is 1.47 bits per heavy atom. The highest BCUT2D eigenvalue weighted by Crippen LogP contribution is 2.17. The number of benzene rings is 1. The highest BCUT2D eigenvalue weighted by Gasteiger charge is 2.15. The molecule has 0 aliphatic heterocycles. The zero-order valence-electron chi connectivity index (χ0n) is 8.23. The van der Waals surface area contributed by atoms with Crippen LogP contribution < -0.4 is 5.73 Å². The zero-order valence-corrected chi connectivity index (χ0v) is 9.05. The van der Waals surface area contributed by atoms with Gasteiger partial charge in [0.2, 0.25) is 0 Å². The topological polar surface area (TPSA) is 69.4 Å². The molecule has 0 unspecified atom stereocenters. The Balaban J connectivity index is 3.00. The van der Waals surface area contributed by atoms with Crippen LogP contribution in [0.2, 0.25) is 0 Å². The second-order valence-corrected chi connectivity index (χ2v) is 5.10. The second kappa shape index (κ2) is 4.59. The molecule has 4 nitrogen and oxygen atoms in total. The van der Waals surface area contributed by atoms with Gasteiger partial charge in [-0.2, -0.15) is 0 Å². The molecule has 84 valence electrons. The summed E-state index contributed by atoms with van der Waals surface area (Å²) < 4.78 is 40.8. The van der Waals surface area contributed by atoms with Crippen molar-refractivity contribution in [1.82, 2.24) is 0 Å². The summed E-state index contributed by atoms with van der Waals surface area (Å²) in [6, 6.07) is 3.43. The molecule has 0 aliphatic carbocycles. The maximum Gasteiger partial charge on any atom is 0.180 e. The number of anilines is 1. The monoisotopic (exact) mass is 233 g/mol. The van der Waals surface area contributed by atoms with Crippen LogP contribution in [0.15, 0.2) is 23.1 Å². The summed E-state index contributed by atoms with van der Waals surface area (Å²) in [6.07, 6.45) is 0. The fraction of sp³-hybridized carbons (Fsp3) is 0.333. The third-order valence-corrected chi connectivity index (χ3v) is 3.56. The average molecular weight is 233 g/mol. The number of sulfone groups is 1. The molecule has 1 rings (SSSR count). The minimum absolute atomic E-state index is 0.0688. The van der Waals surface area contributed by atoms with Crippen LogP contribution in [-0.4, -0.2) is 27.9 Å². The number of methoxy groups -OCH3 is 1. The summed E-state index contributed by atoms with van der Waals surface area (Å²) in [4.78, 5) is -0.0775. The van der Waals surface area contributed by atoms with E-state index in [4.69, 9.17) is 5.73 Å². The number of halogens is 1. The van der Waals surface area contributed by atoms with Gasteiger partial charge in [0, 0.05) is 7.11 Å². The molecule has 0 spiro atoms. The van der Waals surface area contributed by atoms with Gasteiger partial charge in [-0.1, -0.05) is 0 Å². The summed E-state index contributed by atoms with van der Waals surface area (Å²) >= 11 is 0. The number of rotatable bonds is 4. The summed E-state index contributed by atoms with van der Waals surface area (Å²) in [5.41, 5.74) is 5.17. The van der Waals surface area contributed by atoms with Gasteiger partial charge in [0.15, 0.2) is 9.84 Å². The number of hydrogen-bond donors (Lipinski definition) is 1. The highest BCUT2D eigenvalue weighted by atomic mass is 32.2. The SMILES string of the molecule is COCCS(=O)(=O)c1ccc(N)c(F)c1. The first kappa shape index (κ1) is 11.9. The van der Waals surface area contributed by atoms with E-state index in [9.17, 15) is 12.8 Å². The molecule has 0 amide bonds. The summed E-state index contributed by atoms with van der Waals surface area (Å²) in [5.74, 6) is -0.902. The Morgan fingerprint density at radius 3 is 2.67 bits per heavy atom. The van der Waals surface area contributed by atoms with E-state index in [2.05, 4.69) is 4.74 Å². The van der Waals surface area contributed by atoms with Gasteiger partial charge in [0.05, 0.1) is 22.9 Å². The number of ether oxygens (including phenoxy) is 1. The molecule has 0 fully saturated rings. The van der Waals surface area contributed by atoms with Gasteiger partial charge >= 0.3 is 0 Å². The predicted molar refractivity (Wildman–Crippen MR) is 54.7 cm³/mol. The van der Waals surface area contributed by atoms with E-state index in [1.54, 1.807) is 0 Å². The molecule has 0 aliphatic rings. The van der Waals surface area contributed by atoms with E-state index in [0.29, 0.717) is 0 Å². The molecular weight excluding hydrogens is 221 g/mol. The van der Waals surface area contributed by atoms with Crippen LogP contribution in [0.4, 0.5) is 10.1 Å². The van der Waals surface area contributed by atoms with E-state index in [0.717, 1.165) is 6.07 Å². The second-order valence-electron chi connectivity index (χ2n) is 2.99. The largest absolute Gasteiger partial charge is 0.396 e. The first-order chi connectivity index (χ1) is 6.97. The van der Waals surface area contributed by atoms with Crippen LogP contribution in [-0.2, 0) is 14.6 Å². The van der Waals surface area contributed by atoms with Crippen molar-refractivity contribution in [2.24, 2.45) is 0 Å². The third kappa shape index (κ3) is 2.90. The summed E-state index contributed by atoms with van der Waals surface area (Å²) in [6.45, 7) is 0.0777. The van der Waals surface area contributed by atoms with E-state index in [1.807, 2.05) is 0 Å². The van der Waals surface area contributed by atoms with Crippen LogP contribution in [0.1, 0.15) is 0 Å². The first-order valence-electron chi connectivity index (χ1n) is 4.24. The lowest BCUT2D eigenvalue weighted by Crippen LogP contribution is -2.12. The van der Waals surface area contributed by atoms with Crippen LogP contribution in [0.3, 0.4) is 0 Å². The van der Waals surface area contributed by atoms with Gasteiger partial charge in [0.1, 0.15) is 5.82 Å². The lowest BCUT2D eigenvalue weighted by Gasteiger charge is -2.04. The van der Waals surface area contributed by atoms with E-state index in [-0.39, 0.29) is 22.9 Å². The molecule has 15 heavy (non-hydrogen) atoms. The molecule has 0 aromatic heterocycles. The predicted octanol–water partition coefficient (Wildman–Crippen LogP) is 0.828.